The van der Waals surface area contributed by atoms with Crippen LogP contribution < -0.4 is 5.32 Å². The van der Waals surface area contributed by atoms with Crippen LogP contribution in [0.4, 0.5) is 0 Å². The van der Waals surface area contributed by atoms with E-state index in [2.05, 4.69) is 23.3 Å². The Balaban J connectivity index is 1.49. The van der Waals surface area contributed by atoms with E-state index in [1.54, 1.807) is 16.7 Å². The number of nitrogens with zero attached hydrogens (tertiary/aromatic N) is 1. The summed E-state index contributed by atoms with van der Waals surface area (Å²) in [6.45, 7) is 2.40. The zero-order chi connectivity index (χ0) is 14.0. The van der Waals surface area contributed by atoms with Gasteiger partial charge in [-0.2, -0.15) is 0 Å². The zero-order valence-electron chi connectivity index (χ0n) is 13.1. The van der Waals surface area contributed by atoms with Gasteiger partial charge in [0.15, 0.2) is 0 Å². The van der Waals surface area contributed by atoms with E-state index < -0.39 is 0 Å². The maximum atomic E-state index is 3.67. The van der Waals surface area contributed by atoms with Crippen molar-refractivity contribution in [1.29, 1.82) is 0 Å². The third-order valence-corrected chi connectivity index (χ3v) is 6.40. The maximum absolute atomic E-state index is 3.67. The molecule has 1 saturated carbocycles. The van der Waals surface area contributed by atoms with Gasteiger partial charge < -0.3 is 5.32 Å². The van der Waals surface area contributed by atoms with Crippen LogP contribution in [0.1, 0.15) is 44.9 Å². The van der Waals surface area contributed by atoms with E-state index in [0.29, 0.717) is 0 Å². The first-order valence-electron chi connectivity index (χ1n) is 8.88. The summed E-state index contributed by atoms with van der Waals surface area (Å²) in [6.07, 6.45) is 12.1. The fraction of sp³-hybridized carbons (Fsp3) is 0.684. The summed E-state index contributed by atoms with van der Waals surface area (Å²) in [5.74, 6) is 1.84. The van der Waals surface area contributed by atoms with E-state index in [0.717, 1.165) is 17.9 Å². The van der Waals surface area contributed by atoms with Crippen LogP contribution in [0.5, 0.6) is 0 Å². The van der Waals surface area contributed by atoms with Gasteiger partial charge in [-0.3, -0.25) is 4.90 Å². The van der Waals surface area contributed by atoms with Crippen molar-refractivity contribution in [3.63, 3.8) is 0 Å². The molecule has 2 heterocycles. The number of hydrogen-bond acceptors (Lipinski definition) is 2. The molecule has 2 atom stereocenters. The first kappa shape index (κ1) is 12.5. The van der Waals surface area contributed by atoms with E-state index in [-0.39, 0.29) is 0 Å². The summed E-state index contributed by atoms with van der Waals surface area (Å²) in [5, 5.41) is 3.67. The van der Waals surface area contributed by atoms with Crippen molar-refractivity contribution in [2.75, 3.05) is 20.1 Å². The quantitative estimate of drug-likeness (QED) is 0.835. The Bertz CT molecular complexity index is 576. The molecule has 2 fully saturated rings. The third kappa shape index (κ3) is 1.95. The molecule has 5 aliphatic rings. The van der Waals surface area contributed by atoms with Crippen LogP contribution in [0.3, 0.4) is 0 Å². The normalized spacial score (nSPS) is 35.4. The van der Waals surface area contributed by atoms with Gasteiger partial charge in [0.05, 0.1) is 0 Å². The van der Waals surface area contributed by atoms with E-state index in [1.807, 2.05) is 5.57 Å². The Morgan fingerprint density at radius 1 is 1.24 bits per heavy atom. The lowest BCUT2D eigenvalue weighted by Gasteiger charge is -2.41. The lowest BCUT2D eigenvalue weighted by atomic mass is 9.72. The SMILES string of the molecule is CN1CC2=C(CC3CNC4=CCCC2=C43)CC1CC1CC1. The molecular weight excluding hydrogens is 256 g/mol. The van der Waals surface area contributed by atoms with Gasteiger partial charge in [0.1, 0.15) is 0 Å². The van der Waals surface area contributed by atoms with Crippen molar-refractivity contribution in [3.8, 4) is 0 Å². The van der Waals surface area contributed by atoms with Crippen LogP contribution in [0, 0.1) is 11.8 Å². The van der Waals surface area contributed by atoms with Crippen molar-refractivity contribution in [3.05, 3.63) is 34.1 Å². The average Bonchev–Trinajstić information content (AvgIpc) is 3.21. The number of hydrogen-bond donors (Lipinski definition) is 1. The molecule has 2 heteroatoms. The summed E-state index contributed by atoms with van der Waals surface area (Å²) in [7, 11) is 2.36. The summed E-state index contributed by atoms with van der Waals surface area (Å²) >= 11 is 0. The third-order valence-electron chi connectivity index (χ3n) is 6.40. The second-order valence-corrected chi connectivity index (χ2v) is 7.86. The van der Waals surface area contributed by atoms with Crippen LogP contribution in [0.2, 0.25) is 0 Å². The molecule has 112 valence electrons. The van der Waals surface area contributed by atoms with Gasteiger partial charge in [-0.05, 0) is 61.8 Å². The Labute approximate surface area is 128 Å². The first-order chi connectivity index (χ1) is 10.3. The van der Waals surface area contributed by atoms with Crippen LogP contribution >= 0.6 is 0 Å². The van der Waals surface area contributed by atoms with Crippen molar-refractivity contribution in [2.45, 2.75) is 51.0 Å². The Kier molecular flexibility index (Phi) is 2.67. The van der Waals surface area contributed by atoms with Gasteiger partial charge >= 0.3 is 0 Å². The molecular formula is C19H26N2. The maximum Gasteiger partial charge on any atom is 0.0339 e. The minimum atomic E-state index is 0.787. The van der Waals surface area contributed by atoms with E-state index in [4.69, 9.17) is 0 Å². The molecule has 2 nitrogen and oxygen atoms in total. The minimum Gasteiger partial charge on any atom is -0.384 e. The fourth-order valence-corrected chi connectivity index (χ4v) is 5.09. The first-order valence-corrected chi connectivity index (χ1v) is 8.88. The van der Waals surface area contributed by atoms with Crippen LogP contribution in [-0.4, -0.2) is 31.1 Å². The Hall–Kier alpha value is -1.02. The van der Waals surface area contributed by atoms with E-state index in [9.17, 15) is 0 Å². The highest BCUT2D eigenvalue weighted by Gasteiger charge is 2.39. The largest absolute Gasteiger partial charge is 0.384 e. The number of allylic oxidation sites excluding steroid dienone is 2. The van der Waals surface area contributed by atoms with Crippen LogP contribution in [0.25, 0.3) is 0 Å². The summed E-state index contributed by atoms with van der Waals surface area (Å²) < 4.78 is 0. The van der Waals surface area contributed by atoms with Gasteiger partial charge in [-0.1, -0.05) is 24.5 Å². The molecule has 2 aliphatic heterocycles. The number of rotatable bonds is 2. The number of fused-ring (bicyclic) bond motifs is 1. The lowest BCUT2D eigenvalue weighted by Crippen LogP contribution is -2.40. The molecule has 0 radical (unpaired) electrons. The number of nitrogens with one attached hydrogen (secondary N) is 1. The van der Waals surface area contributed by atoms with Crippen molar-refractivity contribution < 1.29 is 0 Å². The minimum absolute atomic E-state index is 0.787. The predicted octanol–water partition coefficient (Wildman–Crippen LogP) is 3.38. The average molecular weight is 282 g/mol. The fourth-order valence-electron chi connectivity index (χ4n) is 5.09. The summed E-state index contributed by atoms with van der Waals surface area (Å²) in [5.41, 5.74) is 8.49. The standard InChI is InChI=1S/C19H26N2/c1-21-11-17-13(9-15(21)7-12-5-6-12)8-14-10-20-18-4-2-3-16(17)19(14)18/h4,12,14-15,20H,2-3,5-11H2,1H3. The molecule has 2 unspecified atom stereocenters. The highest BCUT2D eigenvalue weighted by Crippen LogP contribution is 2.48. The van der Waals surface area contributed by atoms with Crippen molar-refractivity contribution in [1.82, 2.24) is 10.2 Å². The molecule has 3 aliphatic carbocycles. The second kappa shape index (κ2) is 4.49. The molecule has 21 heavy (non-hydrogen) atoms. The zero-order valence-corrected chi connectivity index (χ0v) is 13.1. The van der Waals surface area contributed by atoms with Gasteiger partial charge in [0.2, 0.25) is 0 Å². The monoisotopic (exact) mass is 282 g/mol. The van der Waals surface area contributed by atoms with Crippen LogP contribution in [-0.2, 0) is 0 Å². The van der Waals surface area contributed by atoms with Crippen LogP contribution in [0.15, 0.2) is 34.1 Å². The predicted molar refractivity (Wildman–Crippen MR) is 85.9 cm³/mol. The van der Waals surface area contributed by atoms with Gasteiger partial charge in [0.25, 0.3) is 0 Å². The van der Waals surface area contributed by atoms with E-state index >= 15 is 0 Å². The Morgan fingerprint density at radius 2 is 2.14 bits per heavy atom. The molecule has 0 aromatic carbocycles. The van der Waals surface area contributed by atoms with Gasteiger partial charge in [0, 0.05) is 30.7 Å². The summed E-state index contributed by atoms with van der Waals surface area (Å²) in [6, 6.07) is 0.825. The molecule has 0 amide bonds. The molecule has 1 N–H and O–H groups in total. The lowest BCUT2D eigenvalue weighted by molar-refractivity contribution is 0.219. The van der Waals surface area contributed by atoms with E-state index in [1.165, 1.54) is 63.7 Å². The van der Waals surface area contributed by atoms with Gasteiger partial charge in [-0.25, -0.2) is 0 Å². The molecule has 5 rings (SSSR count). The second-order valence-electron chi connectivity index (χ2n) is 7.86. The number of likely N-dealkylation sites (N-methyl/N-ethyl adjacent to an activating group) is 1. The topological polar surface area (TPSA) is 15.3 Å². The van der Waals surface area contributed by atoms with Crippen molar-refractivity contribution >= 4 is 0 Å². The highest BCUT2D eigenvalue weighted by atomic mass is 15.1. The smallest absolute Gasteiger partial charge is 0.0339 e. The highest BCUT2D eigenvalue weighted by molar-refractivity contribution is 5.56. The molecule has 0 bridgehead atoms. The van der Waals surface area contributed by atoms with Crippen molar-refractivity contribution in [2.24, 2.45) is 11.8 Å². The van der Waals surface area contributed by atoms with Gasteiger partial charge in [-0.15, -0.1) is 0 Å². The molecule has 0 aromatic heterocycles. The Morgan fingerprint density at radius 3 is 3.00 bits per heavy atom. The molecule has 0 spiro atoms. The molecule has 1 saturated heterocycles. The summed E-state index contributed by atoms with van der Waals surface area (Å²) in [4.78, 5) is 2.66. The molecule has 0 aromatic rings.